The van der Waals surface area contributed by atoms with Crippen molar-refractivity contribution < 1.29 is 9.21 Å². The molecule has 0 aromatic carbocycles. The molecule has 1 fully saturated rings. The van der Waals surface area contributed by atoms with Crippen LogP contribution in [0.5, 0.6) is 0 Å². The number of H-pyrrole nitrogens is 1. The second-order valence-electron chi connectivity index (χ2n) is 5.94. The molecule has 122 valence electrons. The highest BCUT2D eigenvalue weighted by atomic mass is 16.3. The van der Waals surface area contributed by atoms with E-state index in [1.54, 1.807) is 24.6 Å². The predicted octanol–water partition coefficient (Wildman–Crippen LogP) is 3.43. The zero-order valence-corrected chi connectivity index (χ0v) is 13.2. The van der Waals surface area contributed by atoms with E-state index < -0.39 is 0 Å². The number of pyridine rings is 1. The molecule has 0 unspecified atom stereocenters. The number of aromatic nitrogens is 3. The van der Waals surface area contributed by atoms with Crippen LogP contribution in [0.3, 0.4) is 0 Å². The Bertz CT molecular complexity index is 811. The molecule has 1 atom stereocenters. The number of likely N-dealkylation sites (tertiary alicyclic amines) is 1. The van der Waals surface area contributed by atoms with E-state index in [1.165, 1.54) is 0 Å². The summed E-state index contributed by atoms with van der Waals surface area (Å²) in [4.78, 5) is 19.1. The fourth-order valence-electron chi connectivity index (χ4n) is 3.23. The highest BCUT2D eigenvalue weighted by molar-refractivity contribution is 5.93. The predicted molar refractivity (Wildman–Crippen MR) is 88.2 cm³/mol. The average molecular weight is 322 g/mol. The second kappa shape index (κ2) is 6.31. The Labute approximate surface area is 139 Å². The van der Waals surface area contributed by atoms with Gasteiger partial charge in [-0.1, -0.05) is 6.07 Å². The minimum absolute atomic E-state index is 0.0578. The number of aromatic amines is 1. The first-order valence-electron chi connectivity index (χ1n) is 8.13. The molecule has 4 heterocycles. The number of carbonyl (C=O) groups excluding carboxylic acids is 1. The Morgan fingerprint density at radius 1 is 1.29 bits per heavy atom. The molecule has 0 radical (unpaired) electrons. The van der Waals surface area contributed by atoms with Crippen LogP contribution in [0.25, 0.3) is 11.5 Å². The lowest BCUT2D eigenvalue weighted by molar-refractivity contribution is 0.0605. The topological polar surface area (TPSA) is 75.0 Å². The smallest absolute Gasteiger partial charge is 0.274 e. The monoisotopic (exact) mass is 322 g/mol. The minimum Gasteiger partial charge on any atom is -0.463 e. The van der Waals surface area contributed by atoms with Gasteiger partial charge in [-0.25, -0.2) is 0 Å². The zero-order valence-electron chi connectivity index (χ0n) is 13.2. The maximum Gasteiger partial charge on any atom is 0.274 e. The fraction of sp³-hybridized carbons (Fsp3) is 0.278. The molecule has 1 aliphatic rings. The van der Waals surface area contributed by atoms with Crippen LogP contribution in [0.15, 0.2) is 53.4 Å². The van der Waals surface area contributed by atoms with Gasteiger partial charge in [0, 0.05) is 25.0 Å². The normalized spacial score (nSPS) is 17.8. The Balaban J connectivity index is 1.60. The maximum absolute atomic E-state index is 13.0. The molecular weight excluding hydrogens is 304 g/mol. The van der Waals surface area contributed by atoms with E-state index in [0.717, 1.165) is 31.4 Å². The lowest BCUT2D eigenvalue weighted by atomic mass is 9.96. The first-order chi connectivity index (χ1) is 11.8. The molecule has 6 heteroatoms. The summed E-state index contributed by atoms with van der Waals surface area (Å²) in [5.41, 5.74) is 2.20. The van der Waals surface area contributed by atoms with Crippen molar-refractivity contribution in [1.29, 1.82) is 0 Å². The van der Waals surface area contributed by atoms with E-state index in [1.807, 2.05) is 29.3 Å². The van der Waals surface area contributed by atoms with Crippen LogP contribution in [0.1, 0.15) is 41.4 Å². The molecule has 4 rings (SSSR count). The van der Waals surface area contributed by atoms with Gasteiger partial charge in [-0.05, 0) is 43.0 Å². The molecule has 24 heavy (non-hydrogen) atoms. The lowest BCUT2D eigenvalue weighted by Gasteiger charge is -2.35. The van der Waals surface area contributed by atoms with Crippen molar-refractivity contribution in [1.82, 2.24) is 20.1 Å². The average Bonchev–Trinajstić information content (AvgIpc) is 3.33. The molecule has 1 saturated heterocycles. The SMILES string of the molecule is O=C(c1cc(-c2ccco2)[nH]n1)N1CCCC[C@H]1c1cccnc1. The van der Waals surface area contributed by atoms with Gasteiger partial charge in [0.1, 0.15) is 5.69 Å². The van der Waals surface area contributed by atoms with Crippen molar-refractivity contribution in [2.75, 3.05) is 6.54 Å². The minimum atomic E-state index is -0.0578. The number of nitrogens with one attached hydrogen (secondary N) is 1. The summed E-state index contributed by atoms with van der Waals surface area (Å²) in [6.07, 6.45) is 8.27. The summed E-state index contributed by atoms with van der Waals surface area (Å²) in [7, 11) is 0. The molecule has 0 spiro atoms. The maximum atomic E-state index is 13.0. The Morgan fingerprint density at radius 2 is 2.25 bits per heavy atom. The van der Waals surface area contributed by atoms with Gasteiger partial charge in [-0.2, -0.15) is 5.10 Å². The standard InChI is InChI=1S/C18H18N4O2/c23-18(15-11-14(20-21-15)17-7-4-10-24-17)22-9-2-1-6-16(22)13-5-3-8-19-12-13/h3-5,7-8,10-12,16H,1-2,6,9H2,(H,20,21)/t16-/m0/s1. The van der Waals surface area contributed by atoms with Crippen LogP contribution in [0, 0.1) is 0 Å². The van der Waals surface area contributed by atoms with Gasteiger partial charge in [-0.3, -0.25) is 14.9 Å². The molecule has 0 aliphatic carbocycles. The van der Waals surface area contributed by atoms with Crippen LogP contribution >= 0.6 is 0 Å². The Hall–Kier alpha value is -2.89. The summed E-state index contributed by atoms with van der Waals surface area (Å²) in [5, 5.41) is 7.06. The molecule has 1 N–H and O–H groups in total. The van der Waals surface area contributed by atoms with E-state index in [-0.39, 0.29) is 11.9 Å². The molecule has 1 amide bonds. The number of amides is 1. The third-order valence-corrected chi connectivity index (χ3v) is 4.42. The van der Waals surface area contributed by atoms with Crippen LogP contribution in [-0.4, -0.2) is 32.5 Å². The van der Waals surface area contributed by atoms with Crippen LogP contribution < -0.4 is 0 Å². The number of carbonyl (C=O) groups is 1. The van der Waals surface area contributed by atoms with Gasteiger partial charge < -0.3 is 9.32 Å². The molecule has 0 saturated carbocycles. The van der Waals surface area contributed by atoms with Crippen molar-refractivity contribution in [3.63, 3.8) is 0 Å². The van der Waals surface area contributed by atoms with Crippen molar-refractivity contribution in [3.8, 4) is 11.5 Å². The van der Waals surface area contributed by atoms with Crippen LogP contribution in [0.4, 0.5) is 0 Å². The summed E-state index contributed by atoms with van der Waals surface area (Å²) in [6, 6.07) is 9.39. The summed E-state index contributed by atoms with van der Waals surface area (Å²) < 4.78 is 5.34. The van der Waals surface area contributed by atoms with Crippen LogP contribution in [0.2, 0.25) is 0 Å². The number of hydrogen-bond acceptors (Lipinski definition) is 4. The number of furan rings is 1. The largest absolute Gasteiger partial charge is 0.463 e. The number of piperidine rings is 1. The third kappa shape index (κ3) is 2.71. The number of hydrogen-bond donors (Lipinski definition) is 1. The van der Waals surface area contributed by atoms with Crippen molar-refractivity contribution in [3.05, 3.63) is 60.2 Å². The van der Waals surface area contributed by atoms with E-state index in [0.29, 0.717) is 17.1 Å². The lowest BCUT2D eigenvalue weighted by Crippen LogP contribution is -2.38. The van der Waals surface area contributed by atoms with Gasteiger partial charge in [0.2, 0.25) is 0 Å². The van der Waals surface area contributed by atoms with E-state index in [4.69, 9.17) is 4.42 Å². The van der Waals surface area contributed by atoms with Gasteiger partial charge in [0.25, 0.3) is 5.91 Å². The molecular formula is C18H18N4O2. The van der Waals surface area contributed by atoms with Gasteiger partial charge in [-0.15, -0.1) is 0 Å². The molecule has 3 aromatic rings. The van der Waals surface area contributed by atoms with Gasteiger partial charge >= 0.3 is 0 Å². The van der Waals surface area contributed by atoms with Crippen molar-refractivity contribution in [2.24, 2.45) is 0 Å². The molecule has 0 bridgehead atoms. The fourth-order valence-corrected chi connectivity index (χ4v) is 3.23. The van der Waals surface area contributed by atoms with Crippen molar-refractivity contribution >= 4 is 5.91 Å². The van der Waals surface area contributed by atoms with E-state index in [9.17, 15) is 4.79 Å². The quantitative estimate of drug-likeness (QED) is 0.801. The first kappa shape index (κ1) is 14.7. The third-order valence-electron chi connectivity index (χ3n) is 4.42. The molecule has 3 aromatic heterocycles. The Kier molecular flexibility index (Phi) is 3.86. The van der Waals surface area contributed by atoms with Gasteiger partial charge in [0.15, 0.2) is 11.5 Å². The van der Waals surface area contributed by atoms with E-state index >= 15 is 0 Å². The summed E-state index contributed by atoms with van der Waals surface area (Å²) in [5.74, 6) is 0.613. The molecule has 1 aliphatic heterocycles. The summed E-state index contributed by atoms with van der Waals surface area (Å²) in [6.45, 7) is 0.737. The highest BCUT2D eigenvalue weighted by Gasteiger charge is 2.30. The second-order valence-corrected chi connectivity index (χ2v) is 5.94. The number of rotatable bonds is 3. The van der Waals surface area contributed by atoms with Crippen LogP contribution in [-0.2, 0) is 0 Å². The zero-order chi connectivity index (χ0) is 16.4. The summed E-state index contributed by atoms with van der Waals surface area (Å²) >= 11 is 0. The van der Waals surface area contributed by atoms with Gasteiger partial charge in [0.05, 0.1) is 12.3 Å². The molecule has 6 nitrogen and oxygen atoms in total. The highest BCUT2D eigenvalue weighted by Crippen LogP contribution is 2.31. The first-order valence-corrected chi connectivity index (χ1v) is 8.13. The number of nitrogens with zero attached hydrogens (tertiary/aromatic N) is 3. The van der Waals surface area contributed by atoms with Crippen molar-refractivity contribution in [2.45, 2.75) is 25.3 Å². The van der Waals surface area contributed by atoms with E-state index in [2.05, 4.69) is 15.2 Å². The Morgan fingerprint density at radius 3 is 3.04 bits per heavy atom.